The number of nitrogens with two attached hydrogens (primary N) is 1. The van der Waals surface area contributed by atoms with Crippen LogP contribution in [0.1, 0.15) is 41.9 Å². The number of methoxy groups -OCH3 is 1. The first kappa shape index (κ1) is 30.7. The lowest BCUT2D eigenvalue weighted by atomic mass is 9.89. The minimum atomic E-state index is -5.28. The lowest BCUT2D eigenvalue weighted by molar-refractivity contribution is -0.265. The normalized spacial score (nSPS) is 16.9. The van der Waals surface area contributed by atoms with Crippen LogP contribution in [0.25, 0.3) is 11.3 Å². The molecule has 42 heavy (non-hydrogen) atoms. The van der Waals surface area contributed by atoms with Crippen molar-refractivity contribution in [1.82, 2.24) is 15.6 Å². The second-order valence-electron chi connectivity index (χ2n) is 10.4. The van der Waals surface area contributed by atoms with Crippen molar-refractivity contribution in [3.8, 4) is 22.8 Å². The van der Waals surface area contributed by atoms with Crippen molar-refractivity contribution in [3.05, 3.63) is 77.2 Å². The number of hydrogen-bond donors (Lipinski definition) is 4. The fourth-order valence-corrected chi connectivity index (χ4v) is 4.27. The van der Waals surface area contributed by atoms with E-state index in [0.717, 1.165) is 18.2 Å². The second kappa shape index (κ2) is 11.6. The van der Waals surface area contributed by atoms with Crippen molar-refractivity contribution in [2.24, 2.45) is 5.73 Å². The molecule has 13 heteroatoms. The van der Waals surface area contributed by atoms with E-state index in [2.05, 4.69) is 15.6 Å². The molecule has 224 valence electrons. The molecular weight excluding hydrogens is 560 g/mol. The number of carbonyl (C=O) groups is 2. The molecule has 0 saturated carbocycles. The van der Waals surface area contributed by atoms with Crippen LogP contribution in [0.3, 0.4) is 0 Å². The van der Waals surface area contributed by atoms with Crippen LogP contribution < -0.4 is 25.8 Å². The van der Waals surface area contributed by atoms with Crippen molar-refractivity contribution in [3.63, 3.8) is 0 Å². The molecule has 1 fully saturated rings. The lowest BCUT2D eigenvalue weighted by Crippen LogP contribution is -2.51. The van der Waals surface area contributed by atoms with Gasteiger partial charge in [0.15, 0.2) is 17.6 Å². The van der Waals surface area contributed by atoms with Gasteiger partial charge in [0.25, 0.3) is 11.8 Å². The minimum absolute atomic E-state index is 0.0197. The van der Waals surface area contributed by atoms with Gasteiger partial charge in [-0.3, -0.25) is 9.59 Å². The first-order valence-corrected chi connectivity index (χ1v) is 12.9. The van der Waals surface area contributed by atoms with Gasteiger partial charge in [0, 0.05) is 29.6 Å². The summed E-state index contributed by atoms with van der Waals surface area (Å²) in [7, 11) is 1.30. The van der Waals surface area contributed by atoms with Gasteiger partial charge in [-0.15, -0.1) is 0 Å². The summed E-state index contributed by atoms with van der Waals surface area (Å²) in [6.07, 6.45) is -5.59. The van der Waals surface area contributed by atoms with Gasteiger partial charge in [-0.2, -0.15) is 13.2 Å². The zero-order valence-electron chi connectivity index (χ0n) is 23.0. The Bertz CT molecular complexity index is 1470. The Morgan fingerprint density at radius 2 is 1.81 bits per heavy atom. The standard InChI is InChI=1S/C29H30F4N4O5/c1-27(2,34)18-13-20(16-4-7-19(30)8-5-16)37-24(14-18)28(40,29(31,32)33)15-36-25(38)17-6-9-21(23(12-17)41-3)42-22-10-11-35-26(22)39/h4-9,12-14,22,40H,10-11,15,34H2,1-3H3,(H,35,39)(H,36,38). The van der Waals surface area contributed by atoms with Gasteiger partial charge in [-0.1, -0.05) is 0 Å². The number of benzene rings is 2. The van der Waals surface area contributed by atoms with Crippen molar-refractivity contribution in [2.75, 3.05) is 20.2 Å². The van der Waals surface area contributed by atoms with Crippen molar-refractivity contribution in [1.29, 1.82) is 0 Å². The van der Waals surface area contributed by atoms with E-state index in [1.165, 1.54) is 43.5 Å². The summed E-state index contributed by atoms with van der Waals surface area (Å²) in [4.78, 5) is 28.8. The summed E-state index contributed by atoms with van der Waals surface area (Å²) >= 11 is 0. The number of amides is 2. The second-order valence-corrected chi connectivity index (χ2v) is 10.4. The Balaban J connectivity index is 1.64. The van der Waals surface area contributed by atoms with E-state index in [9.17, 15) is 32.3 Å². The summed E-state index contributed by atoms with van der Waals surface area (Å²) in [6.45, 7) is 2.28. The quantitative estimate of drug-likeness (QED) is 0.280. The third-order valence-corrected chi connectivity index (χ3v) is 6.80. The largest absolute Gasteiger partial charge is 0.493 e. The molecule has 0 radical (unpaired) electrons. The molecular formula is C29H30F4N4O5. The van der Waals surface area contributed by atoms with Gasteiger partial charge in [-0.05, 0) is 74.0 Å². The highest BCUT2D eigenvalue weighted by molar-refractivity contribution is 5.95. The molecule has 0 aliphatic carbocycles. The molecule has 4 rings (SSSR count). The van der Waals surface area contributed by atoms with Crippen molar-refractivity contribution >= 4 is 11.8 Å². The number of ether oxygens (including phenoxy) is 2. The fraction of sp³-hybridized carbons (Fsp3) is 0.345. The van der Waals surface area contributed by atoms with Crippen LogP contribution in [0.5, 0.6) is 11.5 Å². The highest BCUT2D eigenvalue weighted by atomic mass is 19.4. The number of rotatable bonds is 9. The average Bonchev–Trinajstić information content (AvgIpc) is 3.34. The molecule has 2 amide bonds. The SMILES string of the molecule is COc1cc(C(=O)NCC(O)(c2cc(C(C)(C)N)cc(-c3ccc(F)cc3)n2)C(F)(F)F)ccc1OC1CCNC1=O. The number of hydrogen-bond acceptors (Lipinski definition) is 7. The third-order valence-electron chi connectivity index (χ3n) is 6.80. The smallest absolute Gasteiger partial charge is 0.424 e. The van der Waals surface area contributed by atoms with E-state index in [4.69, 9.17) is 15.2 Å². The molecule has 2 heterocycles. The number of nitrogens with zero attached hydrogens (tertiary/aromatic N) is 1. The summed E-state index contributed by atoms with van der Waals surface area (Å²) in [5, 5.41) is 15.8. The Morgan fingerprint density at radius 1 is 1.12 bits per heavy atom. The van der Waals surface area contributed by atoms with E-state index in [1.807, 2.05) is 0 Å². The maximum absolute atomic E-state index is 14.5. The molecule has 5 N–H and O–H groups in total. The molecule has 2 atom stereocenters. The van der Waals surface area contributed by atoms with E-state index in [1.54, 1.807) is 13.8 Å². The first-order valence-electron chi connectivity index (χ1n) is 12.9. The van der Waals surface area contributed by atoms with Crippen LogP contribution in [-0.2, 0) is 15.9 Å². The number of halogens is 4. The highest BCUT2D eigenvalue weighted by Gasteiger charge is 2.56. The molecule has 1 aromatic heterocycles. The van der Waals surface area contributed by atoms with E-state index >= 15 is 0 Å². The summed E-state index contributed by atoms with van der Waals surface area (Å²) in [6, 6.07) is 11.3. The van der Waals surface area contributed by atoms with Crippen LogP contribution in [-0.4, -0.2) is 54.4 Å². The molecule has 1 saturated heterocycles. The summed E-state index contributed by atoms with van der Waals surface area (Å²) in [5.74, 6) is -1.55. The molecule has 2 unspecified atom stereocenters. The van der Waals surface area contributed by atoms with Gasteiger partial charge in [0.05, 0.1) is 25.0 Å². The highest BCUT2D eigenvalue weighted by Crippen LogP contribution is 2.40. The predicted molar refractivity (Wildman–Crippen MR) is 144 cm³/mol. The van der Waals surface area contributed by atoms with Crippen molar-refractivity contribution < 1.29 is 41.7 Å². The molecule has 1 aliphatic heterocycles. The lowest BCUT2D eigenvalue weighted by Gasteiger charge is -2.32. The zero-order valence-corrected chi connectivity index (χ0v) is 23.0. The van der Waals surface area contributed by atoms with E-state index < -0.39 is 47.4 Å². The summed E-state index contributed by atoms with van der Waals surface area (Å²) < 4.78 is 67.8. The molecule has 0 bridgehead atoms. The number of pyridine rings is 1. The minimum Gasteiger partial charge on any atom is -0.493 e. The van der Waals surface area contributed by atoms with E-state index in [-0.39, 0.29) is 34.2 Å². The maximum Gasteiger partial charge on any atom is 0.424 e. The Labute approximate surface area is 239 Å². The molecule has 9 nitrogen and oxygen atoms in total. The Hall–Kier alpha value is -4.23. The van der Waals surface area contributed by atoms with Gasteiger partial charge in [0.2, 0.25) is 5.60 Å². The van der Waals surface area contributed by atoms with E-state index in [0.29, 0.717) is 18.5 Å². The average molecular weight is 591 g/mol. The molecule has 3 aromatic rings. The third kappa shape index (κ3) is 6.47. The van der Waals surface area contributed by atoms with Gasteiger partial charge in [-0.25, -0.2) is 9.37 Å². The van der Waals surface area contributed by atoms with Gasteiger partial charge >= 0.3 is 6.18 Å². The maximum atomic E-state index is 14.5. The van der Waals surface area contributed by atoms with Crippen LogP contribution in [0.2, 0.25) is 0 Å². The Kier molecular flexibility index (Phi) is 8.46. The van der Waals surface area contributed by atoms with Crippen LogP contribution in [0.4, 0.5) is 17.6 Å². The number of carbonyl (C=O) groups excluding carboxylic acids is 2. The monoisotopic (exact) mass is 590 g/mol. The van der Waals surface area contributed by atoms with Gasteiger partial charge in [0.1, 0.15) is 5.82 Å². The number of aromatic nitrogens is 1. The van der Waals surface area contributed by atoms with Gasteiger partial charge < -0.3 is 30.9 Å². The number of alkyl halides is 3. The van der Waals surface area contributed by atoms with Crippen LogP contribution in [0, 0.1) is 5.82 Å². The number of aliphatic hydroxyl groups is 1. The molecule has 0 spiro atoms. The van der Waals surface area contributed by atoms with Crippen molar-refractivity contribution in [2.45, 2.75) is 43.7 Å². The topological polar surface area (TPSA) is 136 Å². The fourth-order valence-electron chi connectivity index (χ4n) is 4.27. The Morgan fingerprint density at radius 3 is 2.38 bits per heavy atom. The summed E-state index contributed by atoms with van der Waals surface area (Å²) in [5.41, 5.74) is 1.06. The molecule has 2 aromatic carbocycles. The number of nitrogens with one attached hydrogen (secondary N) is 2. The zero-order chi connectivity index (χ0) is 30.9. The molecule has 1 aliphatic rings. The van der Waals surface area contributed by atoms with Crippen LogP contribution in [0.15, 0.2) is 54.6 Å². The van der Waals surface area contributed by atoms with Crippen LogP contribution >= 0.6 is 0 Å². The first-order chi connectivity index (χ1) is 19.6. The predicted octanol–water partition coefficient (Wildman–Crippen LogP) is 3.54.